The van der Waals surface area contributed by atoms with Crippen molar-refractivity contribution in [2.24, 2.45) is 22.7 Å². The largest absolute Gasteiger partial charge is 0.0625 e. The van der Waals surface area contributed by atoms with Crippen LogP contribution in [-0.4, -0.2) is 0 Å². The van der Waals surface area contributed by atoms with E-state index in [1.807, 2.05) is 0 Å². The molecule has 0 radical (unpaired) electrons. The van der Waals surface area contributed by atoms with E-state index < -0.39 is 0 Å². The molecule has 17 heavy (non-hydrogen) atoms. The van der Waals surface area contributed by atoms with Crippen molar-refractivity contribution in [1.82, 2.24) is 0 Å². The highest BCUT2D eigenvalue weighted by Crippen LogP contribution is 2.56. The number of hydrogen-bond donors (Lipinski definition) is 0. The second-order valence-electron chi connectivity index (χ2n) is 7.80. The Morgan fingerprint density at radius 3 is 1.94 bits per heavy atom. The lowest BCUT2D eigenvalue weighted by atomic mass is 9.52. The molecule has 0 unspecified atom stereocenters. The molecule has 2 aliphatic carbocycles. The molecule has 0 spiro atoms. The average molecular weight is 236 g/mol. The molecule has 0 saturated heterocycles. The summed E-state index contributed by atoms with van der Waals surface area (Å²) in [5.41, 5.74) is 1.18. The van der Waals surface area contributed by atoms with Gasteiger partial charge < -0.3 is 0 Å². The topological polar surface area (TPSA) is 0 Å². The number of rotatable bonds is 2. The van der Waals surface area contributed by atoms with Crippen molar-refractivity contribution in [2.75, 3.05) is 0 Å². The van der Waals surface area contributed by atoms with Crippen molar-refractivity contribution >= 4 is 0 Å². The van der Waals surface area contributed by atoms with Crippen LogP contribution >= 0.6 is 0 Å². The van der Waals surface area contributed by atoms with Crippen LogP contribution in [0.25, 0.3) is 0 Å². The summed E-state index contributed by atoms with van der Waals surface area (Å²) in [7, 11) is 0. The summed E-state index contributed by atoms with van der Waals surface area (Å²) in [4.78, 5) is 0. The first-order valence-corrected chi connectivity index (χ1v) is 7.96. The molecule has 0 aliphatic heterocycles. The lowest BCUT2D eigenvalue weighted by molar-refractivity contribution is -0.0265. The fourth-order valence-electron chi connectivity index (χ4n) is 4.45. The minimum absolute atomic E-state index is 0.563. The summed E-state index contributed by atoms with van der Waals surface area (Å²) in [6.45, 7) is 10.2. The van der Waals surface area contributed by atoms with Gasteiger partial charge in [0, 0.05) is 0 Å². The van der Waals surface area contributed by atoms with Crippen molar-refractivity contribution in [3.8, 4) is 0 Å². The Morgan fingerprint density at radius 1 is 0.882 bits per heavy atom. The lowest BCUT2D eigenvalue weighted by Gasteiger charge is -2.53. The van der Waals surface area contributed by atoms with Crippen LogP contribution < -0.4 is 0 Å². The van der Waals surface area contributed by atoms with Gasteiger partial charge in [0.25, 0.3) is 0 Å². The number of hydrogen-bond acceptors (Lipinski definition) is 0. The van der Waals surface area contributed by atoms with E-state index in [0.717, 1.165) is 11.8 Å². The molecule has 0 N–H and O–H groups in total. The van der Waals surface area contributed by atoms with Gasteiger partial charge in [-0.15, -0.1) is 0 Å². The van der Waals surface area contributed by atoms with Gasteiger partial charge in [0.2, 0.25) is 0 Å². The maximum absolute atomic E-state index is 2.59. The van der Waals surface area contributed by atoms with Crippen LogP contribution in [0.4, 0.5) is 0 Å². The fraction of sp³-hybridized carbons (Fsp3) is 1.00. The molecular weight excluding hydrogens is 204 g/mol. The molecule has 0 heteroatoms. The molecule has 0 nitrogen and oxygen atoms in total. The molecule has 0 aromatic heterocycles. The lowest BCUT2D eigenvalue weighted by Crippen LogP contribution is -2.43. The minimum atomic E-state index is 0.563. The third-order valence-corrected chi connectivity index (χ3v) is 6.55. The van der Waals surface area contributed by atoms with Gasteiger partial charge in [-0.3, -0.25) is 0 Å². The van der Waals surface area contributed by atoms with E-state index in [1.54, 1.807) is 0 Å². The summed E-state index contributed by atoms with van der Waals surface area (Å²) < 4.78 is 0. The second kappa shape index (κ2) is 4.94. The third-order valence-electron chi connectivity index (χ3n) is 6.55. The standard InChI is InChI=1S/C17H32/c1-14-8-10-15(11-9-14)16(2,3)17(4)12-6-5-7-13-17/h14-15H,5-13H2,1-4H3. The van der Waals surface area contributed by atoms with Gasteiger partial charge >= 0.3 is 0 Å². The molecule has 0 atom stereocenters. The second-order valence-corrected chi connectivity index (χ2v) is 7.80. The first-order chi connectivity index (χ1) is 7.96. The summed E-state index contributed by atoms with van der Waals surface area (Å²) in [6, 6.07) is 0. The summed E-state index contributed by atoms with van der Waals surface area (Å²) in [6.07, 6.45) is 13.3. The van der Waals surface area contributed by atoms with E-state index in [9.17, 15) is 0 Å². The van der Waals surface area contributed by atoms with Gasteiger partial charge in [0.05, 0.1) is 0 Å². The molecule has 100 valence electrons. The molecule has 2 saturated carbocycles. The van der Waals surface area contributed by atoms with E-state index in [2.05, 4.69) is 27.7 Å². The van der Waals surface area contributed by atoms with E-state index in [4.69, 9.17) is 0 Å². The SMILES string of the molecule is CC1CCC(C(C)(C)C2(C)CCCCC2)CC1. The van der Waals surface area contributed by atoms with Crippen molar-refractivity contribution in [2.45, 2.75) is 85.5 Å². The Hall–Kier alpha value is 0. The molecule has 2 aliphatic rings. The Morgan fingerprint density at radius 2 is 1.41 bits per heavy atom. The maximum Gasteiger partial charge on any atom is -0.0272 e. The first kappa shape index (κ1) is 13.4. The van der Waals surface area contributed by atoms with Gasteiger partial charge in [-0.25, -0.2) is 0 Å². The highest BCUT2D eigenvalue weighted by atomic mass is 14.5. The Labute approximate surface area is 109 Å². The van der Waals surface area contributed by atoms with Gasteiger partial charge in [-0.1, -0.05) is 59.8 Å². The predicted molar refractivity (Wildman–Crippen MR) is 76.1 cm³/mol. The zero-order valence-electron chi connectivity index (χ0n) is 12.5. The van der Waals surface area contributed by atoms with Gasteiger partial charge in [-0.05, 0) is 48.3 Å². The molecule has 2 fully saturated rings. The van der Waals surface area contributed by atoms with Crippen LogP contribution in [0.5, 0.6) is 0 Å². The quantitative estimate of drug-likeness (QED) is 0.567. The van der Waals surface area contributed by atoms with Crippen LogP contribution in [-0.2, 0) is 0 Å². The highest BCUT2D eigenvalue weighted by molar-refractivity contribution is 4.96. The highest BCUT2D eigenvalue weighted by Gasteiger charge is 2.46. The monoisotopic (exact) mass is 236 g/mol. The van der Waals surface area contributed by atoms with Gasteiger partial charge in [-0.2, -0.15) is 0 Å². The summed E-state index contributed by atoms with van der Waals surface area (Å²) >= 11 is 0. The molecular formula is C17H32. The zero-order chi connectivity index (χ0) is 12.5. The fourth-order valence-corrected chi connectivity index (χ4v) is 4.45. The zero-order valence-corrected chi connectivity index (χ0v) is 12.5. The summed E-state index contributed by atoms with van der Waals surface area (Å²) in [5, 5.41) is 0. The Kier molecular flexibility index (Phi) is 3.90. The smallest absolute Gasteiger partial charge is 0.0272 e. The van der Waals surface area contributed by atoms with Crippen LogP contribution in [0.2, 0.25) is 0 Å². The van der Waals surface area contributed by atoms with Gasteiger partial charge in [0.1, 0.15) is 0 Å². The van der Waals surface area contributed by atoms with Crippen molar-refractivity contribution < 1.29 is 0 Å². The van der Waals surface area contributed by atoms with Crippen LogP contribution in [0.1, 0.15) is 85.5 Å². The maximum atomic E-state index is 2.59. The minimum Gasteiger partial charge on any atom is -0.0625 e. The van der Waals surface area contributed by atoms with Crippen molar-refractivity contribution in [1.29, 1.82) is 0 Å². The summed E-state index contributed by atoms with van der Waals surface area (Å²) in [5.74, 6) is 1.98. The molecule has 0 amide bonds. The molecule has 0 aromatic rings. The van der Waals surface area contributed by atoms with Crippen LogP contribution in [0, 0.1) is 22.7 Å². The average Bonchev–Trinajstić information content (AvgIpc) is 2.30. The molecule has 2 rings (SSSR count). The van der Waals surface area contributed by atoms with E-state index in [1.165, 1.54) is 57.8 Å². The van der Waals surface area contributed by atoms with E-state index >= 15 is 0 Å². The molecule has 0 bridgehead atoms. The normalized spacial score (nSPS) is 34.6. The van der Waals surface area contributed by atoms with E-state index in [0.29, 0.717) is 10.8 Å². The van der Waals surface area contributed by atoms with Crippen molar-refractivity contribution in [3.05, 3.63) is 0 Å². The Bertz CT molecular complexity index is 237. The molecule has 0 heterocycles. The molecule has 0 aromatic carbocycles. The van der Waals surface area contributed by atoms with Gasteiger partial charge in [0.15, 0.2) is 0 Å². The van der Waals surface area contributed by atoms with Crippen LogP contribution in [0.3, 0.4) is 0 Å². The predicted octanol–water partition coefficient (Wildman–Crippen LogP) is 5.81. The van der Waals surface area contributed by atoms with Crippen LogP contribution in [0.15, 0.2) is 0 Å². The first-order valence-electron chi connectivity index (χ1n) is 7.96. The van der Waals surface area contributed by atoms with Crippen molar-refractivity contribution in [3.63, 3.8) is 0 Å². The Balaban J connectivity index is 2.06. The van der Waals surface area contributed by atoms with E-state index in [-0.39, 0.29) is 0 Å². The third kappa shape index (κ3) is 2.56.